The molecule has 1 aliphatic rings. The van der Waals surface area contributed by atoms with E-state index in [1.807, 2.05) is 40.9 Å². The third kappa shape index (κ3) is 3.36. The van der Waals surface area contributed by atoms with Crippen molar-refractivity contribution in [2.24, 2.45) is 7.05 Å². The molecule has 1 fully saturated rings. The van der Waals surface area contributed by atoms with Crippen LogP contribution in [-0.4, -0.2) is 40.7 Å². The van der Waals surface area contributed by atoms with Gasteiger partial charge in [-0.1, -0.05) is 0 Å². The lowest BCUT2D eigenvalue weighted by molar-refractivity contribution is -0.143. The molecule has 0 radical (unpaired) electrons. The van der Waals surface area contributed by atoms with E-state index in [4.69, 9.17) is 14.0 Å². The van der Waals surface area contributed by atoms with Crippen LogP contribution in [0, 0.1) is 0 Å². The fourth-order valence-electron chi connectivity index (χ4n) is 2.46. The van der Waals surface area contributed by atoms with Gasteiger partial charge >= 0.3 is 13.1 Å². The van der Waals surface area contributed by atoms with Gasteiger partial charge in [0.2, 0.25) is 0 Å². The van der Waals surface area contributed by atoms with Crippen LogP contribution in [0.3, 0.4) is 0 Å². The molecule has 2 heterocycles. The molecule has 2 rings (SSSR count). The smallest absolute Gasteiger partial charge is 0.466 e. The van der Waals surface area contributed by atoms with Crippen LogP contribution in [0.5, 0.6) is 0 Å². The van der Waals surface area contributed by atoms with Crippen LogP contribution in [0.15, 0.2) is 12.4 Å². The molecule has 0 aliphatic carbocycles. The normalized spacial score (nSPS) is 20.9. The first-order valence-electron chi connectivity index (χ1n) is 7.66. The fraction of sp³-hybridized carbons (Fsp3) is 0.733. The number of carbonyl (C=O) groups is 1. The standard InChI is InChI=1S/C15H25BN2O4/c1-7-20-13(19)8-12(11-9-17-18(6)10-11)16-21-14(2,3)15(4,5)22-16/h9-10,12H,7-8H2,1-6H3. The van der Waals surface area contributed by atoms with Gasteiger partial charge in [-0.25, -0.2) is 0 Å². The number of rotatable bonds is 5. The number of nitrogens with zero attached hydrogens (tertiary/aromatic N) is 2. The van der Waals surface area contributed by atoms with Gasteiger partial charge in [0.1, 0.15) is 0 Å². The first kappa shape index (κ1) is 17.0. The maximum atomic E-state index is 12.0. The van der Waals surface area contributed by atoms with E-state index in [1.165, 1.54) is 0 Å². The molecule has 6 nitrogen and oxygen atoms in total. The highest BCUT2D eigenvalue weighted by atomic mass is 16.7. The van der Waals surface area contributed by atoms with Crippen molar-refractivity contribution in [3.05, 3.63) is 18.0 Å². The van der Waals surface area contributed by atoms with E-state index in [0.717, 1.165) is 5.56 Å². The van der Waals surface area contributed by atoms with Crippen molar-refractivity contribution < 1.29 is 18.8 Å². The van der Waals surface area contributed by atoms with Crippen molar-refractivity contribution >= 4 is 13.1 Å². The Morgan fingerprint density at radius 3 is 2.41 bits per heavy atom. The van der Waals surface area contributed by atoms with Gasteiger partial charge in [0, 0.05) is 19.1 Å². The molecule has 0 saturated carbocycles. The van der Waals surface area contributed by atoms with Crippen molar-refractivity contribution in [1.82, 2.24) is 9.78 Å². The molecule has 1 aromatic rings. The molecule has 1 atom stereocenters. The fourth-order valence-corrected chi connectivity index (χ4v) is 2.46. The molecule has 1 aliphatic heterocycles. The summed E-state index contributed by atoms with van der Waals surface area (Å²) >= 11 is 0. The Kier molecular flexibility index (Phi) is 4.68. The Morgan fingerprint density at radius 1 is 1.36 bits per heavy atom. The van der Waals surface area contributed by atoms with Crippen molar-refractivity contribution in [2.75, 3.05) is 6.61 Å². The van der Waals surface area contributed by atoms with Gasteiger partial charge < -0.3 is 14.0 Å². The molecule has 1 aromatic heterocycles. The molecule has 0 bridgehead atoms. The molecule has 7 heteroatoms. The summed E-state index contributed by atoms with van der Waals surface area (Å²) in [5.74, 6) is -0.500. The number of hydrogen-bond acceptors (Lipinski definition) is 5. The number of carbonyl (C=O) groups excluding carboxylic acids is 1. The summed E-state index contributed by atoms with van der Waals surface area (Å²) in [7, 11) is 1.34. The van der Waals surface area contributed by atoms with Gasteiger partial charge in [0.25, 0.3) is 0 Å². The Morgan fingerprint density at radius 2 is 1.95 bits per heavy atom. The Labute approximate surface area is 132 Å². The second kappa shape index (κ2) is 6.04. The SMILES string of the molecule is CCOC(=O)CC(B1OC(C)(C)C(C)(C)O1)c1cnn(C)c1. The Balaban J connectivity index is 2.24. The zero-order chi connectivity index (χ0) is 16.5. The minimum absolute atomic E-state index is 0.205. The predicted molar refractivity (Wildman–Crippen MR) is 83.3 cm³/mol. The molecular formula is C15H25BN2O4. The first-order valence-corrected chi connectivity index (χ1v) is 7.66. The average Bonchev–Trinajstić information content (AvgIpc) is 2.89. The second-order valence-electron chi connectivity index (χ2n) is 6.69. The zero-order valence-corrected chi connectivity index (χ0v) is 14.3. The van der Waals surface area contributed by atoms with E-state index in [0.29, 0.717) is 6.61 Å². The summed E-state index contributed by atoms with van der Waals surface area (Å²) in [4.78, 5) is 12.0. The Bertz CT molecular complexity index is 525. The summed E-state index contributed by atoms with van der Waals surface area (Å²) in [6.07, 6.45) is 3.83. The number of hydrogen-bond donors (Lipinski definition) is 0. The largest absolute Gasteiger partial charge is 0.466 e. The van der Waals surface area contributed by atoms with Crippen LogP contribution in [0.2, 0.25) is 0 Å². The number of ether oxygens (including phenoxy) is 1. The summed E-state index contributed by atoms with van der Waals surface area (Å²) in [5.41, 5.74) is 0.0357. The summed E-state index contributed by atoms with van der Waals surface area (Å²) in [5, 5.41) is 4.19. The van der Waals surface area contributed by atoms with E-state index in [9.17, 15) is 4.79 Å². The second-order valence-corrected chi connectivity index (χ2v) is 6.69. The highest BCUT2D eigenvalue weighted by Crippen LogP contribution is 2.41. The molecule has 1 unspecified atom stereocenters. The van der Waals surface area contributed by atoms with Crippen molar-refractivity contribution in [3.8, 4) is 0 Å². The van der Waals surface area contributed by atoms with Crippen LogP contribution in [-0.2, 0) is 25.9 Å². The van der Waals surface area contributed by atoms with Crippen LogP contribution < -0.4 is 0 Å². The monoisotopic (exact) mass is 308 g/mol. The average molecular weight is 308 g/mol. The molecule has 0 N–H and O–H groups in total. The third-order valence-electron chi connectivity index (χ3n) is 4.44. The topological polar surface area (TPSA) is 62.6 Å². The van der Waals surface area contributed by atoms with Crippen molar-refractivity contribution in [1.29, 1.82) is 0 Å². The molecule has 1 saturated heterocycles. The van der Waals surface area contributed by atoms with Crippen LogP contribution >= 0.6 is 0 Å². The van der Waals surface area contributed by atoms with E-state index in [-0.39, 0.29) is 18.2 Å². The zero-order valence-electron chi connectivity index (χ0n) is 14.3. The molecule has 0 spiro atoms. The first-order chi connectivity index (χ1) is 10.2. The lowest BCUT2D eigenvalue weighted by Crippen LogP contribution is -2.41. The summed E-state index contributed by atoms with van der Waals surface area (Å²) in [6.45, 7) is 10.2. The summed E-state index contributed by atoms with van der Waals surface area (Å²) < 4.78 is 19.0. The maximum Gasteiger partial charge on any atom is 0.466 e. The minimum Gasteiger partial charge on any atom is -0.466 e. The van der Waals surface area contributed by atoms with Gasteiger partial charge in [-0.2, -0.15) is 5.10 Å². The molecule has 0 aromatic carbocycles. The molecule has 22 heavy (non-hydrogen) atoms. The van der Waals surface area contributed by atoms with E-state index in [2.05, 4.69) is 5.10 Å². The van der Waals surface area contributed by atoms with Crippen LogP contribution in [0.1, 0.15) is 52.4 Å². The van der Waals surface area contributed by atoms with Crippen molar-refractivity contribution in [2.45, 2.75) is 58.1 Å². The summed E-state index contributed by atoms with van der Waals surface area (Å²) in [6, 6.07) is 0. The molecule has 122 valence electrons. The maximum absolute atomic E-state index is 12.0. The van der Waals surface area contributed by atoms with Gasteiger partial charge in [0.15, 0.2) is 0 Å². The van der Waals surface area contributed by atoms with Gasteiger partial charge in [-0.05, 0) is 40.2 Å². The van der Waals surface area contributed by atoms with Gasteiger partial charge in [0.05, 0.1) is 30.4 Å². The quantitative estimate of drug-likeness (QED) is 0.615. The van der Waals surface area contributed by atoms with E-state index < -0.39 is 18.3 Å². The van der Waals surface area contributed by atoms with E-state index >= 15 is 0 Å². The highest BCUT2D eigenvalue weighted by Gasteiger charge is 2.54. The predicted octanol–water partition coefficient (Wildman–Crippen LogP) is 2.09. The number of aryl methyl sites for hydroxylation is 1. The lowest BCUT2D eigenvalue weighted by atomic mass is 9.67. The Hall–Kier alpha value is -1.34. The number of aromatic nitrogens is 2. The van der Waals surface area contributed by atoms with Crippen LogP contribution in [0.4, 0.5) is 0 Å². The lowest BCUT2D eigenvalue weighted by Gasteiger charge is -2.32. The molecule has 0 amide bonds. The third-order valence-corrected chi connectivity index (χ3v) is 4.44. The minimum atomic E-state index is -0.501. The van der Waals surface area contributed by atoms with E-state index in [1.54, 1.807) is 17.8 Å². The van der Waals surface area contributed by atoms with Crippen molar-refractivity contribution in [3.63, 3.8) is 0 Å². The molecular weight excluding hydrogens is 283 g/mol. The number of esters is 1. The highest BCUT2D eigenvalue weighted by molar-refractivity contribution is 6.48. The van der Waals surface area contributed by atoms with Gasteiger partial charge in [-0.15, -0.1) is 0 Å². The van der Waals surface area contributed by atoms with Gasteiger partial charge in [-0.3, -0.25) is 9.48 Å². The van der Waals surface area contributed by atoms with Crippen LogP contribution in [0.25, 0.3) is 0 Å².